The van der Waals surface area contributed by atoms with Crippen LogP contribution in [0.3, 0.4) is 0 Å². The van der Waals surface area contributed by atoms with Crippen LogP contribution in [-0.4, -0.2) is 59.4 Å². The first kappa shape index (κ1) is 19.4. The van der Waals surface area contributed by atoms with Gasteiger partial charge in [0.05, 0.1) is 0 Å². The zero-order chi connectivity index (χ0) is 18.2. The molecule has 1 fully saturated rings. The van der Waals surface area contributed by atoms with Crippen LogP contribution in [0.15, 0.2) is 24.5 Å². The molecule has 0 aliphatic carbocycles. The van der Waals surface area contributed by atoms with Crippen molar-refractivity contribution >= 4 is 11.8 Å². The molecular formula is C19H29N3O3. The zero-order valence-electron chi connectivity index (χ0n) is 15.5. The number of ether oxygens (including phenoxy) is 1. The third kappa shape index (κ3) is 5.81. The summed E-state index contributed by atoms with van der Waals surface area (Å²) >= 11 is 0. The van der Waals surface area contributed by atoms with E-state index in [2.05, 4.69) is 18.8 Å². The molecule has 0 bridgehead atoms. The van der Waals surface area contributed by atoms with Crippen LogP contribution in [0.1, 0.15) is 38.7 Å². The van der Waals surface area contributed by atoms with Gasteiger partial charge in [-0.3, -0.25) is 14.6 Å². The number of carbonyl (C=O) groups excluding carboxylic acids is 2. The lowest BCUT2D eigenvalue weighted by molar-refractivity contribution is -0.143. The maximum absolute atomic E-state index is 12.6. The molecule has 1 atom stereocenters. The largest absolute Gasteiger partial charge is 0.375 e. The highest BCUT2D eigenvalue weighted by molar-refractivity contribution is 5.78. The van der Waals surface area contributed by atoms with Crippen LogP contribution in [-0.2, 0) is 20.9 Å². The predicted octanol–water partition coefficient (Wildman–Crippen LogP) is 2.09. The third-order valence-electron chi connectivity index (χ3n) is 4.44. The number of piperidine rings is 1. The van der Waals surface area contributed by atoms with Crippen molar-refractivity contribution in [3.8, 4) is 0 Å². The Bertz CT molecular complexity index is 562. The van der Waals surface area contributed by atoms with E-state index in [0.29, 0.717) is 25.4 Å². The lowest BCUT2D eigenvalue weighted by Crippen LogP contribution is -2.52. The van der Waals surface area contributed by atoms with Crippen molar-refractivity contribution in [3.63, 3.8) is 0 Å². The fourth-order valence-electron chi connectivity index (χ4n) is 3.23. The van der Waals surface area contributed by atoms with E-state index in [-0.39, 0.29) is 24.5 Å². The fraction of sp³-hybridized carbons (Fsp3) is 0.632. The Balaban J connectivity index is 2.09. The van der Waals surface area contributed by atoms with Crippen molar-refractivity contribution in [1.29, 1.82) is 0 Å². The van der Waals surface area contributed by atoms with Crippen molar-refractivity contribution in [2.24, 2.45) is 5.92 Å². The van der Waals surface area contributed by atoms with Gasteiger partial charge in [0, 0.05) is 51.6 Å². The third-order valence-corrected chi connectivity index (χ3v) is 4.44. The Labute approximate surface area is 150 Å². The first-order valence-corrected chi connectivity index (χ1v) is 8.96. The number of nitrogens with zero attached hydrogens (tertiary/aromatic N) is 3. The van der Waals surface area contributed by atoms with Gasteiger partial charge in [-0.25, -0.2) is 0 Å². The number of methoxy groups -OCH3 is 1. The minimum Gasteiger partial charge on any atom is -0.375 e. The molecule has 25 heavy (non-hydrogen) atoms. The van der Waals surface area contributed by atoms with Crippen LogP contribution in [0.2, 0.25) is 0 Å². The summed E-state index contributed by atoms with van der Waals surface area (Å²) in [4.78, 5) is 32.9. The zero-order valence-corrected chi connectivity index (χ0v) is 15.5. The Morgan fingerprint density at radius 2 is 2.24 bits per heavy atom. The Morgan fingerprint density at radius 1 is 1.44 bits per heavy atom. The first-order valence-electron chi connectivity index (χ1n) is 8.96. The molecule has 2 amide bonds. The highest BCUT2D eigenvalue weighted by Gasteiger charge is 2.30. The minimum atomic E-state index is -0.0467. The number of aromatic nitrogens is 1. The van der Waals surface area contributed by atoms with Crippen molar-refractivity contribution in [2.45, 2.75) is 45.7 Å². The van der Waals surface area contributed by atoms with Crippen LogP contribution >= 0.6 is 0 Å². The molecule has 0 saturated carbocycles. The van der Waals surface area contributed by atoms with E-state index < -0.39 is 0 Å². The fourth-order valence-corrected chi connectivity index (χ4v) is 3.23. The van der Waals surface area contributed by atoms with Crippen LogP contribution in [0, 0.1) is 5.92 Å². The Hall–Kier alpha value is -1.95. The van der Waals surface area contributed by atoms with Crippen LogP contribution < -0.4 is 0 Å². The van der Waals surface area contributed by atoms with Gasteiger partial charge in [-0.05, 0) is 30.4 Å². The van der Waals surface area contributed by atoms with Crippen molar-refractivity contribution < 1.29 is 14.3 Å². The number of hydrogen-bond donors (Lipinski definition) is 0. The minimum absolute atomic E-state index is 0.0210. The number of rotatable bonds is 7. The van der Waals surface area contributed by atoms with Gasteiger partial charge < -0.3 is 14.5 Å². The highest BCUT2D eigenvalue weighted by atomic mass is 16.5. The smallest absolute Gasteiger partial charge is 0.249 e. The summed E-state index contributed by atoms with van der Waals surface area (Å²) < 4.78 is 5.05. The molecule has 2 heterocycles. The number of pyridine rings is 1. The first-order chi connectivity index (χ1) is 12.0. The highest BCUT2D eigenvalue weighted by Crippen LogP contribution is 2.20. The Morgan fingerprint density at radius 3 is 2.88 bits per heavy atom. The van der Waals surface area contributed by atoms with Gasteiger partial charge in [-0.2, -0.15) is 0 Å². The lowest BCUT2D eigenvalue weighted by atomic mass is 10.0. The number of likely N-dealkylation sites (tertiary alicyclic amines) is 1. The number of amides is 2. The molecule has 0 N–H and O–H groups in total. The topological polar surface area (TPSA) is 62.7 Å². The van der Waals surface area contributed by atoms with E-state index in [4.69, 9.17) is 4.74 Å². The molecule has 1 aromatic rings. The van der Waals surface area contributed by atoms with E-state index in [9.17, 15) is 9.59 Å². The van der Waals surface area contributed by atoms with Gasteiger partial charge in [0.25, 0.3) is 0 Å². The van der Waals surface area contributed by atoms with Gasteiger partial charge in [0.2, 0.25) is 11.8 Å². The maximum Gasteiger partial charge on any atom is 0.249 e. The second-order valence-electron chi connectivity index (χ2n) is 7.05. The summed E-state index contributed by atoms with van der Waals surface area (Å²) in [6.07, 6.45) is 5.87. The summed E-state index contributed by atoms with van der Waals surface area (Å²) in [7, 11) is 1.53. The van der Waals surface area contributed by atoms with Gasteiger partial charge in [0.1, 0.15) is 6.61 Å². The van der Waals surface area contributed by atoms with Gasteiger partial charge in [-0.1, -0.05) is 19.9 Å². The second kappa shape index (κ2) is 9.51. The molecule has 6 heteroatoms. The molecule has 0 radical (unpaired) electrons. The van der Waals surface area contributed by atoms with E-state index in [1.54, 1.807) is 12.4 Å². The molecule has 1 aromatic heterocycles. The average Bonchev–Trinajstić information content (AvgIpc) is 2.60. The predicted molar refractivity (Wildman–Crippen MR) is 95.7 cm³/mol. The van der Waals surface area contributed by atoms with Gasteiger partial charge in [0.15, 0.2) is 0 Å². The normalized spacial score (nSPS) is 17.6. The van der Waals surface area contributed by atoms with Crippen molar-refractivity contribution in [1.82, 2.24) is 14.8 Å². The summed E-state index contributed by atoms with van der Waals surface area (Å²) in [5.41, 5.74) is 0.984. The van der Waals surface area contributed by atoms with Crippen LogP contribution in [0.4, 0.5) is 0 Å². The quantitative estimate of drug-likeness (QED) is 0.758. The number of carbonyl (C=O) groups is 2. The van der Waals surface area contributed by atoms with Crippen LogP contribution in [0.25, 0.3) is 0 Å². The second-order valence-corrected chi connectivity index (χ2v) is 7.05. The molecular weight excluding hydrogens is 318 g/mol. The maximum atomic E-state index is 12.6. The van der Waals surface area contributed by atoms with Crippen molar-refractivity contribution in [2.75, 3.05) is 26.8 Å². The van der Waals surface area contributed by atoms with Crippen LogP contribution in [0.5, 0.6) is 0 Å². The number of hydrogen-bond acceptors (Lipinski definition) is 4. The van der Waals surface area contributed by atoms with Gasteiger partial charge in [-0.15, -0.1) is 0 Å². The Kier molecular flexibility index (Phi) is 7.37. The summed E-state index contributed by atoms with van der Waals surface area (Å²) in [6.45, 7) is 6.03. The summed E-state index contributed by atoms with van der Waals surface area (Å²) in [6, 6.07) is 3.85. The molecule has 1 aliphatic heterocycles. The monoisotopic (exact) mass is 347 g/mol. The lowest BCUT2D eigenvalue weighted by Gasteiger charge is -2.39. The molecule has 2 rings (SSSR count). The molecule has 1 saturated heterocycles. The molecule has 1 aliphatic rings. The summed E-state index contributed by atoms with van der Waals surface area (Å²) in [5, 5.41) is 0. The molecule has 138 valence electrons. The van der Waals surface area contributed by atoms with Crippen molar-refractivity contribution in [3.05, 3.63) is 30.1 Å². The molecule has 1 unspecified atom stereocenters. The summed E-state index contributed by atoms with van der Waals surface area (Å²) in [5.74, 6) is 0.476. The van der Waals surface area contributed by atoms with E-state index in [0.717, 1.165) is 24.9 Å². The molecule has 0 spiro atoms. The standard InChI is InChI=1S/C19H29N3O3/c1-15(2)10-18(23)21-9-5-7-17(13-21)22(19(24)14-25-3)12-16-6-4-8-20-11-16/h4,6,8,11,15,17H,5,7,9-10,12-14H2,1-3H3. The molecule has 6 nitrogen and oxygen atoms in total. The van der Waals surface area contributed by atoms with E-state index >= 15 is 0 Å². The van der Waals surface area contributed by atoms with E-state index in [1.165, 1.54) is 7.11 Å². The van der Waals surface area contributed by atoms with Gasteiger partial charge >= 0.3 is 0 Å². The van der Waals surface area contributed by atoms with E-state index in [1.807, 2.05) is 21.9 Å². The SMILES string of the molecule is COCC(=O)N(Cc1cccnc1)C1CCCN(C(=O)CC(C)C)C1. The molecule has 0 aromatic carbocycles. The average molecular weight is 347 g/mol.